The summed E-state index contributed by atoms with van der Waals surface area (Å²) in [7, 11) is 0. The lowest BCUT2D eigenvalue weighted by Crippen LogP contribution is -2.43. The van der Waals surface area contributed by atoms with Crippen LogP contribution in [-0.2, 0) is 4.74 Å². The van der Waals surface area contributed by atoms with E-state index in [-0.39, 0.29) is 17.6 Å². The zero-order chi connectivity index (χ0) is 16.7. The van der Waals surface area contributed by atoms with E-state index >= 15 is 0 Å². The first kappa shape index (κ1) is 16.3. The van der Waals surface area contributed by atoms with E-state index in [0.717, 1.165) is 25.8 Å². The number of carbonyl (C=O) groups is 1. The van der Waals surface area contributed by atoms with E-state index in [1.807, 2.05) is 31.7 Å². The summed E-state index contributed by atoms with van der Waals surface area (Å²) in [5, 5.41) is 0. The Kier molecular flexibility index (Phi) is 4.13. The highest BCUT2D eigenvalue weighted by molar-refractivity contribution is 5.69. The number of amides is 1. The minimum Gasteiger partial charge on any atom is -0.444 e. The van der Waals surface area contributed by atoms with Crippen molar-refractivity contribution in [1.82, 2.24) is 4.90 Å². The molecule has 2 fully saturated rings. The van der Waals surface area contributed by atoms with E-state index in [1.165, 1.54) is 5.56 Å². The smallest absolute Gasteiger partial charge is 0.410 e. The van der Waals surface area contributed by atoms with Gasteiger partial charge in [0.15, 0.2) is 0 Å². The van der Waals surface area contributed by atoms with Crippen LogP contribution >= 0.6 is 0 Å². The molecule has 1 aromatic rings. The maximum Gasteiger partial charge on any atom is 0.410 e. The fourth-order valence-electron chi connectivity index (χ4n) is 3.19. The van der Waals surface area contributed by atoms with Gasteiger partial charge in [0.1, 0.15) is 5.60 Å². The number of ether oxygens (including phenoxy) is 1. The minimum atomic E-state index is -0.466. The third-order valence-electron chi connectivity index (χ3n) is 4.91. The molecule has 23 heavy (non-hydrogen) atoms. The number of benzene rings is 1. The van der Waals surface area contributed by atoms with Crippen molar-refractivity contribution in [3.8, 4) is 0 Å². The Bertz CT molecular complexity index is 560. The van der Waals surface area contributed by atoms with Crippen LogP contribution in [0.4, 0.5) is 4.79 Å². The number of hydrogen-bond acceptors (Lipinski definition) is 3. The predicted octanol–water partition coefficient (Wildman–Crippen LogP) is 3.52. The van der Waals surface area contributed by atoms with E-state index < -0.39 is 5.60 Å². The van der Waals surface area contributed by atoms with Gasteiger partial charge in [0, 0.05) is 23.9 Å². The third kappa shape index (κ3) is 3.86. The molecule has 0 aliphatic heterocycles. The molecule has 2 N–H and O–H groups in total. The van der Waals surface area contributed by atoms with E-state index in [2.05, 4.69) is 24.3 Å². The van der Waals surface area contributed by atoms with Crippen LogP contribution in [0.25, 0.3) is 0 Å². The Morgan fingerprint density at radius 2 is 1.96 bits per heavy atom. The molecule has 0 bridgehead atoms. The summed E-state index contributed by atoms with van der Waals surface area (Å²) < 4.78 is 5.65. The van der Waals surface area contributed by atoms with Gasteiger partial charge >= 0.3 is 6.09 Å². The molecule has 0 unspecified atom stereocenters. The van der Waals surface area contributed by atoms with Crippen molar-refractivity contribution in [3.05, 3.63) is 35.9 Å². The SMILES string of the molecule is CC(C)(C)OC(=O)N(CC1(CN)CC1)[C@@H]1C[C@H]1c1ccccc1. The standard InChI is InChI=1S/C19H28N2O2/c1-18(2,3)23-17(22)21(13-19(12-20)9-10-19)16-11-15(16)14-7-5-4-6-8-14/h4-8,15-16H,9-13,20H2,1-3H3/t15-,16+/m0/s1. The van der Waals surface area contributed by atoms with Crippen LogP contribution in [0, 0.1) is 5.41 Å². The molecule has 0 aromatic heterocycles. The molecule has 3 rings (SSSR count). The van der Waals surface area contributed by atoms with Crippen LogP contribution in [0.3, 0.4) is 0 Å². The normalized spacial score (nSPS) is 24.9. The molecule has 0 heterocycles. The minimum absolute atomic E-state index is 0.126. The second-order valence-electron chi connectivity index (χ2n) is 8.13. The molecule has 1 amide bonds. The van der Waals surface area contributed by atoms with Gasteiger partial charge in [-0.25, -0.2) is 4.79 Å². The first-order chi connectivity index (χ1) is 10.8. The summed E-state index contributed by atoms with van der Waals surface area (Å²) in [6, 6.07) is 10.7. The topological polar surface area (TPSA) is 55.6 Å². The van der Waals surface area contributed by atoms with Gasteiger partial charge < -0.3 is 15.4 Å². The fraction of sp³-hybridized carbons (Fsp3) is 0.632. The van der Waals surface area contributed by atoms with Crippen molar-refractivity contribution >= 4 is 6.09 Å². The Balaban J connectivity index is 1.72. The van der Waals surface area contributed by atoms with Crippen LogP contribution in [-0.4, -0.2) is 35.7 Å². The van der Waals surface area contributed by atoms with Crippen molar-refractivity contribution in [1.29, 1.82) is 0 Å². The second kappa shape index (κ2) is 5.82. The van der Waals surface area contributed by atoms with Crippen molar-refractivity contribution in [3.63, 3.8) is 0 Å². The highest BCUT2D eigenvalue weighted by atomic mass is 16.6. The summed E-state index contributed by atoms with van der Waals surface area (Å²) in [6.45, 7) is 7.13. The molecule has 0 saturated heterocycles. The lowest BCUT2D eigenvalue weighted by Gasteiger charge is -2.30. The number of carbonyl (C=O) groups excluding carboxylic acids is 1. The first-order valence-corrected chi connectivity index (χ1v) is 8.58. The summed E-state index contributed by atoms with van der Waals surface area (Å²) in [6.07, 6.45) is 3.06. The van der Waals surface area contributed by atoms with Gasteiger partial charge in [-0.05, 0) is 52.1 Å². The van der Waals surface area contributed by atoms with E-state index in [0.29, 0.717) is 12.5 Å². The Hall–Kier alpha value is -1.55. The molecule has 126 valence electrons. The summed E-state index contributed by atoms with van der Waals surface area (Å²) in [4.78, 5) is 14.6. The highest BCUT2D eigenvalue weighted by Gasteiger charge is 2.51. The molecular weight excluding hydrogens is 288 g/mol. The first-order valence-electron chi connectivity index (χ1n) is 8.58. The average Bonchev–Trinajstić information content (AvgIpc) is 3.39. The van der Waals surface area contributed by atoms with Crippen molar-refractivity contribution in [2.75, 3.05) is 13.1 Å². The molecule has 2 aliphatic carbocycles. The molecule has 2 aliphatic rings. The van der Waals surface area contributed by atoms with Gasteiger partial charge in [0.25, 0.3) is 0 Å². The van der Waals surface area contributed by atoms with E-state index in [9.17, 15) is 4.79 Å². The van der Waals surface area contributed by atoms with Crippen LogP contribution in [0.2, 0.25) is 0 Å². The van der Waals surface area contributed by atoms with Crippen LogP contribution < -0.4 is 5.73 Å². The molecule has 4 heteroatoms. The maximum atomic E-state index is 12.7. The predicted molar refractivity (Wildman–Crippen MR) is 91.2 cm³/mol. The van der Waals surface area contributed by atoms with E-state index in [1.54, 1.807) is 0 Å². The highest BCUT2D eigenvalue weighted by Crippen LogP contribution is 2.50. The summed E-state index contributed by atoms with van der Waals surface area (Å²) >= 11 is 0. The maximum absolute atomic E-state index is 12.7. The quantitative estimate of drug-likeness (QED) is 0.904. The monoisotopic (exact) mass is 316 g/mol. The fourth-order valence-corrected chi connectivity index (χ4v) is 3.19. The summed E-state index contributed by atoms with van der Waals surface area (Å²) in [5.41, 5.74) is 6.90. The van der Waals surface area contributed by atoms with Crippen molar-refractivity contribution in [2.45, 2.75) is 57.6 Å². The van der Waals surface area contributed by atoms with Gasteiger partial charge in [0.2, 0.25) is 0 Å². The Morgan fingerprint density at radius 1 is 1.30 bits per heavy atom. The summed E-state index contributed by atoms with van der Waals surface area (Å²) in [5.74, 6) is 0.428. The molecular formula is C19H28N2O2. The van der Waals surface area contributed by atoms with Gasteiger partial charge in [-0.15, -0.1) is 0 Å². The van der Waals surface area contributed by atoms with Crippen LogP contribution in [0.1, 0.15) is 51.5 Å². The largest absolute Gasteiger partial charge is 0.444 e. The molecule has 2 saturated carbocycles. The number of rotatable bonds is 5. The average molecular weight is 316 g/mol. The van der Waals surface area contributed by atoms with Crippen molar-refractivity contribution in [2.24, 2.45) is 11.1 Å². The molecule has 1 aromatic carbocycles. The van der Waals surface area contributed by atoms with E-state index in [4.69, 9.17) is 10.5 Å². The molecule has 0 spiro atoms. The zero-order valence-electron chi connectivity index (χ0n) is 14.4. The number of hydrogen-bond donors (Lipinski definition) is 1. The van der Waals surface area contributed by atoms with Gasteiger partial charge in [-0.2, -0.15) is 0 Å². The second-order valence-corrected chi connectivity index (χ2v) is 8.13. The van der Waals surface area contributed by atoms with Gasteiger partial charge in [-0.1, -0.05) is 30.3 Å². The molecule has 0 radical (unpaired) electrons. The number of nitrogens with two attached hydrogens (primary N) is 1. The molecule has 2 atom stereocenters. The zero-order valence-corrected chi connectivity index (χ0v) is 14.4. The number of nitrogens with zero attached hydrogens (tertiary/aromatic N) is 1. The lowest BCUT2D eigenvalue weighted by molar-refractivity contribution is 0.0190. The van der Waals surface area contributed by atoms with Crippen molar-refractivity contribution < 1.29 is 9.53 Å². The van der Waals surface area contributed by atoms with Gasteiger partial charge in [0.05, 0.1) is 0 Å². The Morgan fingerprint density at radius 3 is 2.48 bits per heavy atom. The third-order valence-corrected chi connectivity index (χ3v) is 4.91. The molecule has 4 nitrogen and oxygen atoms in total. The van der Waals surface area contributed by atoms with Gasteiger partial charge in [-0.3, -0.25) is 0 Å². The Labute approximate surface area is 139 Å². The van der Waals surface area contributed by atoms with Crippen LogP contribution in [0.5, 0.6) is 0 Å². The van der Waals surface area contributed by atoms with Crippen LogP contribution in [0.15, 0.2) is 30.3 Å². The lowest BCUT2D eigenvalue weighted by atomic mass is 10.1.